The van der Waals surface area contributed by atoms with Crippen molar-refractivity contribution in [3.8, 4) is 0 Å². The average Bonchev–Trinajstić information content (AvgIpc) is 2.75. The summed E-state index contributed by atoms with van der Waals surface area (Å²) < 4.78 is 0. The predicted molar refractivity (Wildman–Crippen MR) is 65.5 cm³/mol. The Morgan fingerprint density at radius 3 is 2.72 bits per heavy atom. The van der Waals surface area contributed by atoms with Gasteiger partial charge in [-0.1, -0.05) is 30.3 Å². The van der Waals surface area contributed by atoms with Gasteiger partial charge in [0.2, 0.25) is 0 Å². The summed E-state index contributed by atoms with van der Waals surface area (Å²) >= 11 is 0. The molecule has 18 heavy (non-hydrogen) atoms. The molecular formula is C12H15N5O. The van der Waals surface area contributed by atoms with Gasteiger partial charge in [-0.3, -0.25) is 4.79 Å². The van der Waals surface area contributed by atoms with E-state index in [2.05, 4.69) is 15.4 Å². The van der Waals surface area contributed by atoms with Crippen molar-refractivity contribution in [1.82, 2.24) is 20.2 Å². The summed E-state index contributed by atoms with van der Waals surface area (Å²) in [7, 11) is 1.66. The third kappa shape index (κ3) is 3.21. The maximum atomic E-state index is 11.8. The van der Waals surface area contributed by atoms with Crippen LogP contribution in [0.3, 0.4) is 0 Å². The van der Waals surface area contributed by atoms with Crippen molar-refractivity contribution in [3.63, 3.8) is 0 Å². The Kier molecular flexibility index (Phi) is 3.78. The highest BCUT2D eigenvalue weighted by molar-refractivity contribution is 5.80. The van der Waals surface area contributed by atoms with Crippen LogP contribution in [0.4, 0.5) is 0 Å². The zero-order chi connectivity index (χ0) is 13.0. The molecule has 2 aromatic rings. The van der Waals surface area contributed by atoms with Crippen LogP contribution in [0.1, 0.15) is 23.9 Å². The molecule has 1 atom stereocenters. The van der Waals surface area contributed by atoms with Crippen molar-refractivity contribution >= 4 is 5.78 Å². The Morgan fingerprint density at radius 2 is 2.11 bits per heavy atom. The molecule has 0 bridgehead atoms. The van der Waals surface area contributed by atoms with Gasteiger partial charge in [0.15, 0.2) is 5.82 Å². The minimum atomic E-state index is -0.282. The number of hydrogen-bond acceptors (Lipinski definition) is 5. The lowest BCUT2D eigenvalue weighted by atomic mass is 10.0. The quantitative estimate of drug-likeness (QED) is 0.824. The molecule has 6 heteroatoms. The molecule has 94 valence electrons. The molecule has 1 aromatic heterocycles. The number of ketones is 1. The van der Waals surface area contributed by atoms with Gasteiger partial charge in [0.25, 0.3) is 0 Å². The third-order valence-corrected chi connectivity index (χ3v) is 2.58. The molecule has 0 saturated heterocycles. The standard InChI is InChI=1S/C12H15N5O/c1-17-15-12(14-16-17)8-10(18)7-11(13)9-5-3-2-4-6-9/h2-6,11H,7-8,13H2,1H3. The number of hydrogen-bond donors (Lipinski definition) is 1. The van der Waals surface area contributed by atoms with Crippen molar-refractivity contribution in [1.29, 1.82) is 0 Å². The molecule has 1 aromatic carbocycles. The highest BCUT2D eigenvalue weighted by atomic mass is 16.1. The SMILES string of the molecule is Cn1nnc(CC(=O)CC(N)c2ccccc2)n1. The summed E-state index contributed by atoms with van der Waals surface area (Å²) in [5.41, 5.74) is 6.93. The minimum absolute atomic E-state index is 0.0133. The van der Waals surface area contributed by atoms with Crippen LogP contribution in [0.5, 0.6) is 0 Å². The Balaban J connectivity index is 1.92. The second kappa shape index (κ2) is 5.50. The lowest BCUT2D eigenvalue weighted by Gasteiger charge is -2.10. The van der Waals surface area contributed by atoms with Gasteiger partial charge in [-0.15, -0.1) is 10.2 Å². The molecular weight excluding hydrogens is 230 g/mol. The maximum Gasteiger partial charge on any atom is 0.182 e. The summed E-state index contributed by atoms with van der Waals surface area (Å²) in [4.78, 5) is 13.1. The van der Waals surface area contributed by atoms with E-state index in [1.165, 1.54) is 4.80 Å². The monoisotopic (exact) mass is 245 g/mol. The number of carbonyl (C=O) groups excluding carboxylic acids is 1. The molecule has 6 nitrogen and oxygen atoms in total. The van der Waals surface area contributed by atoms with E-state index in [1.807, 2.05) is 30.3 Å². The van der Waals surface area contributed by atoms with Gasteiger partial charge in [0.05, 0.1) is 13.5 Å². The Bertz CT molecular complexity index is 522. The summed E-state index contributed by atoms with van der Waals surface area (Å²) in [5.74, 6) is 0.446. The van der Waals surface area contributed by atoms with Crippen LogP contribution in [0.15, 0.2) is 30.3 Å². The minimum Gasteiger partial charge on any atom is -0.324 e. The summed E-state index contributed by atoms with van der Waals surface area (Å²) in [6.07, 6.45) is 0.455. The van der Waals surface area contributed by atoms with Crippen molar-refractivity contribution in [2.75, 3.05) is 0 Å². The molecule has 0 saturated carbocycles. The average molecular weight is 245 g/mol. The van der Waals surface area contributed by atoms with Crippen molar-refractivity contribution in [2.24, 2.45) is 12.8 Å². The van der Waals surface area contributed by atoms with Gasteiger partial charge in [-0.2, -0.15) is 4.80 Å². The van der Waals surface area contributed by atoms with E-state index in [9.17, 15) is 4.79 Å². The first-order valence-electron chi connectivity index (χ1n) is 5.70. The molecule has 0 aliphatic carbocycles. The van der Waals surface area contributed by atoms with E-state index in [0.29, 0.717) is 5.82 Å². The fourth-order valence-corrected chi connectivity index (χ4v) is 1.71. The van der Waals surface area contributed by atoms with Gasteiger partial charge in [-0.05, 0) is 10.8 Å². The maximum absolute atomic E-state index is 11.8. The van der Waals surface area contributed by atoms with Gasteiger partial charge in [0, 0.05) is 12.5 Å². The van der Waals surface area contributed by atoms with Crippen molar-refractivity contribution < 1.29 is 4.79 Å². The van der Waals surface area contributed by atoms with Gasteiger partial charge < -0.3 is 5.73 Å². The number of aryl methyl sites for hydroxylation is 1. The van der Waals surface area contributed by atoms with E-state index in [1.54, 1.807) is 7.05 Å². The lowest BCUT2D eigenvalue weighted by molar-refractivity contribution is -0.118. The fraction of sp³-hybridized carbons (Fsp3) is 0.333. The molecule has 0 aliphatic heterocycles. The van der Waals surface area contributed by atoms with Gasteiger partial charge in [-0.25, -0.2) is 0 Å². The summed E-state index contributed by atoms with van der Waals surface area (Å²) in [6, 6.07) is 9.28. The normalized spacial score (nSPS) is 12.3. The summed E-state index contributed by atoms with van der Waals surface area (Å²) in [5, 5.41) is 11.4. The zero-order valence-corrected chi connectivity index (χ0v) is 10.2. The number of rotatable bonds is 5. The third-order valence-electron chi connectivity index (χ3n) is 2.58. The molecule has 1 unspecified atom stereocenters. The lowest BCUT2D eigenvalue weighted by Crippen LogP contribution is -2.17. The van der Waals surface area contributed by atoms with Crippen molar-refractivity contribution in [3.05, 3.63) is 41.7 Å². The smallest absolute Gasteiger partial charge is 0.182 e. The Morgan fingerprint density at radius 1 is 1.39 bits per heavy atom. The predicted octanol–water partition coefficient (Wildman–Crippen LogP) is 0.412. The fourth-order valence-electron chi connectivity index (χ4n) is 1.71. The van der Waals surface area contributed by atoms with Crippen LogP contribution in [0, 0.1) is 0 Å². The highest BCUT2D eigenvalue weighted by Crippen LogP contribution is 2.14. The van der Waals surface area contributed by atoms with E-state index in [-0.39, 0.29) is 24.7 Å². The van der Waals surface area contributed by atoms with Gasteiger partial charge >= 0.3 is 0 Å². The number of benzene rings is 1. The number of Topliss-reactive ketones (excluding diaryl/α,β-unsaturated/α-hetero) is 1. The number of nitrogens with zero attached hydrogens (tertiary/aromatic N) is 4. The van der Waals surface area contributed by atoms with E-state index >= 15 is 0 Å². The molecule has 1 heterocycles. The van der Waals surface area contributed by atoms with Crippen LogP contribution in [0.2, 0.25) is 0 Å². The van der Waals surface area contributed by atoms with Crippen LogP contribution in [-0.2, 0) is 18.3 Å². The van der Waals surface area contributed by atoms with Gasteiger partial charge in [0.1, 0.15) is 5.78 Å². The first kappa shape index (κ1) is 12.4. The van der Waals surface area contributed by atoms with Crippen LogP contribution in [0.25, 0.3) is 0 Å². The van der Waals surface area contributed by atoms with E-state index in [0.717, 1.165) is 5.56 Å². The first-order valence-corrected chi connectivity index (χ1v) is 5.70. The second-order valence-electron chi connectivity index (χ2n) is 4.13. The summed E-state index contributed by atoms with van der Waals surface area (Å²) in [6.45, 7) is 0. The largest absolute Gasteiger partial charge is 0.324 e. The number of carbonyl (C=O) groups is 1. The molecule has 0 aliphatic rings. The first-order chi connectivity index (χ1) is 8.65. The number of nitrogens with two attached hydrogens (primary N) is 1. The second-order valence-corrected chi connectivity index (χ2v) is 4.13. The number of tetrazole rings is 1. The zero-order valence-electron chi connectivity index (χ0n) is 10.2. The van der Waals surface area contributed by atoms with Crippen molar-refractivity contribution in [2.45, 2.75) is 18.9 Å². The topological polar surface area (TPSA) is 86.7 Å². The number of aromatic nitrogens is 4. The Hall–Kier alpha value is -2.08. The van der Waals surface area contributed by atoms with E-state index < -0.39 is 0 Å². The molecule has 0 fully saturated rings. The van der Waals surface area contributed by atoms with Crippen LogP contribution >= 0.6 is 0 Å². The van der Waals surface area contributed by atoms with Crippen LogP contribution < -0.4 is 5.73 Å². The van der Waals surface area contributed by atoms with Crippen LogP contribution in [-0.4, -0.2) is 26.0 Å². The molecule has 0 amide bonds. The molecule has 2 rings (SSSR count). The highest BCUT2D eigenvalue weighted by Gasteiger charge is 2.14. The molecule has 2 N–H and O–H groups in total. The molecule has 0 radical (unpaired) electrons. The molecule has 0 spiro atoms. The van der Waals surface area contributed by atoms with E-state index in [4.69, 9.17) is 5.73 Å². The Labute approximate surface area is 105 Å².